The Hall–Kier alpha value is -3.74. The van der Waals surface area contributed by atoms with Gasteiger partial charge in [0, 0.05) is 34.4 Å². The molecule has 0 unspecified atom stereocenters. The van der Waals surface area contributed by atoms with E-state index in [9.17, 15) is 4.79 Å². The van der Waals surface area contributed by atoms with Crippen LogP contribution in [0.15, 0.2) is 59.7 Å². The molecule has 1 aliphatic rings. The van der Waals surface area contributed by atoms with E-state index in [4.69, 9.17) is 9.47 Å². The van der Waals surface area contributed by atoms with E-state index in [0.717, 1.165) is 28.3 Å². The molecule has 0 saturated carbocycles. The van der Waals surface area contributed by atoms with Crippen molar-refractivity contribution in [2.75, 3.05) is 18.7 Å². The summed E-state index contributed by atoms with van der Waals surface area (Å²) in [6, 6.07) is 17.6. The van der Waals surface area contributed by atoms with Crippen LogP contribution in [0, 0.1) is 13.8 Å². The van der Waals surface area contributed by atoms with Crippen LogP contribution < -0.4 is 20.2 Å². The van der Waals surface area contributed by atoms with Crippen LogP contribution in [-0.2, 0) is 4.79 Å². The molecule has 1 aliphatic heterocycles. The van der Waals surface area contributed by atoms with Gasteiger partial charge < -0.3 is 19.4 Å². The van der Waals surface area contributed by atoms with Gasteiger partial charge >= 0.3 is 0 Å². The largest absolute Gasteiger partial charge is 0.454 e. The zero-order valence-corrected chi connectivity index (χ0v) is 16.3. The number of carbonyl (C=O) groups is 1. The first-order valence-electron chi connectivity index (χ1n) is 9.31. The van der Waals surface area contributed by atoms with Gasteiger partial charge in [0.2, 0.25) is 6.79 Å². The molecule has 0 saturated heterocycles. The number of nitrogens with one attached hydrogen (secondary N) is 2. The lowest BCUT2D eigenvalue weighted by atomic mass is 10.2. The second kappa shape index (κ2) is 8.10. The number of nitrogens with zero attached hydrogens (tertiary/aromatic N) is 2. The number of fused-ring (bicyclic) bond motifs is 1. The Labute approximate surface area is 169 Å². The molecule has 4 rings (SSSR count). The number of benzene rings is 2. The molecule has 0 spiro atoms. The highest BCUT2D eigenvalue weighted by Gasteiger charge is 2.13. The van der Waals surface area contributed by atoms with Crippen LogP contribution in [0.1, 0.15) is 17.0 Å². The number of hydrazone groups is 1. The van der Waals surface area contributed by atoms with Crippen LogP contribution in [0.25, 0.3) is 5.69 Å². The van der Waals surface area contributed by atoms with E-state index in [-0.39, 0.29) is 19.2 Å². The van der Waals surface area contributed by atoms with E-state index >= 15 is 0 Å². The zero-order valence-electron chi connectivity index (χ0n) is 16.3. The number of aryl methyl sites for hydroxylation is 1. The second-order valence-electron chi connectivity index (χ2n) is 6.71. The lowest BCUT2D eigenvalue weighted by molar-refractivity contribution is -0.119. The maximum atomic E-state index is 12.1. The highest BCUT2D eigenvalue weighted by atomic mass is 16.7. The lowest BCUT2D eigenvalue weighted by Crippen LogP contribution is -2.25. The highest BCUT2D eigenvalue weighted by molar-refractivity contribution is 5.85. The van der Waals surface area contributed by atoms with Gasteiger partial charge in [-0.15, -0.1) is 0 Å². The van der Waals surface area contributed by atoms with Gasteiger partial charge in [-0.3, -0.25) is 4.79 Å². The van der Waals surface area contributed by atoms with Crippen molar-refractivity contribution in [2.24, 2.45) is 5.10 Å². The first-order valence-corrected chi connectivity index (χ1v) is 9.31. The van der Waals surface area contributed by atoms with Crippen molar-refractivity contribution in [1.29, 1.82) is 0 Å². The van der Waals surface area contributed by atoms with Crippen molar-refractivity contribution in [3.63, 3.8) is 0 Å². The summed E-state index contributed by atoms with van der Waals surface area (Å²) in [6.45, 7) is 4.40. The topological polar surface area (TPSA) is 76.9 Å². The van der Waals surface area contributed by atoms with Crippen molar-refractivity contribution < 1.29 is 14.3 Å². The molecule has 0 bridgehead atoms. The SMILES string of the molecule is Cc1cc(/C=N\NC(=O)CNc2ccc3c(c2)OCO3)c(C)n1-c1ccccc1. The van der Waals surface area contributed by atoms with Crippen LogP contribution in [-0.4, -0.2) is 30.0 Å². The third-order valence-electron chi connectivity index (χ3n) is 4.70. The maximum absolute atomic E-state index is 12.1. The van der Waals surface area contributed by atoms with Gasteiger partial charge in [-0.2, -0.15) is 5.10 Å². The smallest absolute Gasteiger partial charge is 0.259 e. The number of para-hydroxylation sites is 1. The molecule has 0 atom stereocenters. The fourth-order valence-electron chi connectivity index (χ4n) is 3.29. The van der Waals surface area contributed by atoms with E-state index in [1.807, 2.05) is 50.2 Å². The summed E-state index contributed by atoms with van der Waals surface area (Å²) in [5.41, 5.74) is 7.54. The molecule has 3 aromatic rings. The molecule has 2 N–H and O–H groups in total. The van der Waals surface area contributed by atoms with Crippen LogP contribution in [0.2, 0.25) is 0 Å². The molecule has 1 aromatic heterocycles. The summed E-state index contributed by atoms with van der Waals surface area (Å²) in [7, 11) is 0. The molecule has 2 heterocycles. The van der Waals surface area contributed by atoms with E-state index in [1.165, 1.54) is 0 Å². The molecular weight excluding hydrogens is 368 g/mol. The van der Waals surface area contributed by atoms with E-state index in [2.05, 4.69) is 32.5 Å². The van der Waals surface area contributed by atoms with E-state index < -0.39 is 0 Å². The summed E-state index contributed by atoms with van der Waals surface area (Å²) in [4.78, 5) is 12.1. The third kappa shape index (κ3) is 4.08. The predicted octanol–water partition coefficient (Wildman–Crippen LogP) is 3.39. The fraction of sp³-hybridized carbons (Fsp3) is 0.182. The number of carbonyl (C=O) groups excluding carboxylic acids is 1. The van der Waals surface area contributed by atoms with Gasteiger partial charge in [-0.1, -0.05) is 18.2 Å². The number of aromatic nitrogens is 1. The Morgan fingerprint density at radius 2 is 1.90 bits per heavy atom. The van der Waals surface area contributed by atoms with E-state index in [1.54, 1.807) is 12.3 Å². The van der Waals surface area contributed by atoms with Gasteiger partial charge in [0.1, 0.15) is 0 Å². The average molecular weight is 390 g/mol. The molecule has 0 fully saturated rings. The molecule has 148 valence electrons. The summed E-state index contributed by atoms with van der Waals surface area (Å²) in [5.74, 6) is 1.13. The van der Waals surface area contributed by atoms with E-state index in [0.29, 0.717) is 11.5 Å². The van der Waals surface area contributed by atoms with Gasteiger partial charge in [0.15, 0.2) is 11.5 Å². The lowest BCUT2D eigenvalue weighted by Gasteiger charge is -2.09. The summed E-state index contributed by atoms with van der Waals surface area (Å²) < 4.78 is 12.8. The highest BCUT2D eigenvalue weighted by Crippen LogP contribution is 2.34. The van der Waals surface area contributed by atoms with Crippen molar-refractivity contribution in [3.8, 4) is 17.2 Å². The van der Waals surface area contributed by atoms with Crippen LogP contribution >= 0.6 is 0 Å². The van der Waals surface area contributed by atoms with Crippen LogP contribution in [0.5, 0.6) is 11.5 Å². The number of anilines is 1. The van der Waals surface area contributed by atoms with Crippen molar-refractivity contribution in [3.05, 3.63) is 71.5 Å². The normalized spacial score (nSPS) is 12.3. The molecular formula is C22H22N4O3. The monoisotopic (exact) mass is 390 g/mol. The third-order valence-corrected chi connectivity index (χ3v) is 4.70. The zero-order chi connectivity index (χ0) is 20.2. The summed E-state index contributed by atoms with van der Waals surface area (Å²) in [6.07, 6.45) is 1.67. The Balaban J connectivity index is 1.35. The Kier molecular flexibility index (Phi) is 5.20. The Morgan fingerprint density at radius 3 is 2.72 bits per heavy atom. The first-order chi connectivity index (χ1) is 14.1. The van der Waals surface area contributed by atoms with Gasteiger partial charge in [-0.05, 0) is 44.2 Å². The number of amides is 1. The number of hydrogen-bond acceptors (Lipinski definition) is 5. The molecule has 7 heteroatoms. The van der Waals surface area contributed by atoms with Crippen LogP contribution in [0.4, 0.5) is 5.69 Å². The maximum Gasteiger partial charge on any atom is 0.259 e. The summed E-state index contributed by atoms with van der Waals surface area (Å²) in [5, 5.41) is 7.14. The van der Waals surface area contributed by atoms with Crippen molar-refractivity contribution in [2.45, 2.75) is 13.8 Å². The van der Waals surface area contributed by atoms with Gasteiger partial charge in [-0.25, -0.2) is 5.43 Å². The van der Waals surface area contributed by atoms with Crippen molar-refractivity contribution in [1.82, 2.24) is 9.99 Å². The minimum Gasteiger partial charge on any atom is -0.454 e. The fourth-order valence-corrected chi connectivity index (χ4v) is 3.29. The minimum absolute atomic E-state index is 0.0972. The molecule has 2 aromatic carbocycles. The standard InChI is InChI=1S/C22H22N4O3/c1-15-10-17(16(2)26(15)19-6-4-3-5-7-19)12-24-25-22(27)13-23-18-8-9-20-21(11-18)29-14-28-20/h3-12,23H,13-14H2,1-2H3,(H,25,27)/b24-12-. The first kappa shape index (κ1) is 18.6. The molecule has 29 heavy (non-hydrogen) atoms. The average Bonchev–Trinajstić information content (AvgIpc) is 3.30. The quantitative estimate of drug-likeness (QED) is 0.500. The molecule has 0 aliphatic carbocycles. The Bertz CT molecular complexity index is 1060. The minimum atomic E-state index is -0.240. The van der Waals surface area contributed by atoms with Crippen LogP contribution in [0.3, 0.4) is 0 Å². The second-order valence-corrected chi connectivity index (χ2v) is 6.71. The van der Waals surface area contributed by atoms with Crippen molar-refractivity contribution >= 4 is 17.8 Å². The molecule has 1 amide bonds. The molecule has 7 nitrogen and oxygen atoms in total. The van der Waals surface area contributed by atoms with Gasteiger partial charge in [0.05, 0.1) is 12.8 Å². The predicted molar refractivity (Wildman–Crippen MR) is 112 cm³/mol. The van der Waals surface area contributed by atoms with Gasteiger partial charge in [0.25, 0.3) is 5.91 Å². The summed E-state index contributed by atoms with van der Waals surface area (Å²) >= 11 is 0. The Morgan fingerprint density at radius 1 is 1.10 bits per heavy atom. The number of rotatable bonds is 6. The number of hydrogen-bond donors (Lipinski definition) is 2. The molecule has 0 radical (unpaired) electrons. The number of ether oxygens (including phenoxy) is 2.